The highest BCUT2D eigenvalue weighted by atomic mass is 35.5. The van der Waals surface area contributed by atoms with Gasteiger partial charge in [-0.1, -0.05) is 23.7 Å². The molecule has 1 aliphatic rings. The maximum absolute atomic E-state index is 13.3. The fourth-order valence-electron chi connectivity index (χ4n) is 3.53. The largest absolute Gasteiger partial charge is 0.462 e. The summed E-state index contributed by atoms with van der Waals surface area (Å²) >= 11 is 6.03. The van der Waals surface area contributed by atoms with Gasteiger partial charge in [0, 0.05) is 11.2 Å². The number of halogens is 1. The summed E-state index contributed by atoms with van der Waals surface area (Å²) in [6, 6.07) is 6.84. The van der Waals surface area contributed by atoms with E-state index in [0.717, 1.165) is 0 Å². The molecule has 1 heterocycles. The van der Waals surface area contributed by atoms with Gasteiger partial charge in [-0.2, -0.15) is 0 Å². The number of esters is 4. The molecule has 0 aliphatic carbocycles. The molecule has 44 heavy (non-hydrogen) atoms. The molecule has 1 saturated heterocycles. The van der Waals surface area contributed by atoms with Crippen molar-refractivity contribution >= 4 is 41.7 Å². The summed E-state index contributed by atoms with van der Waals surface area (Å²) in [5, 5.41) is 0.534. The van der Waals surface area contributed by atoms with Crippen molar-refractivity contribution in [3.63, 3.8) is 0 Å². The van der Waals surface area contributed by atoms with Crippen LogP contribution in [0.3, 0.4) is 0 Å². The molecule has 0 N–H and O–H groups in total. The maximum Gasteiger partial charge on any atom is 0.311 e. The van der Waals surface area contributed by atoms with Crippen LogP contribution in [-0.4, -0.2) is 67.3 Å². The highest BCUT2D eigenvalue weighted by Gasteiger charge is 2.54. The number of benzene rings is 1. The Balaban J connectivity index is 2.71. The summed E-state index contributed by atoms with van der Waals surface area (Å²) in [5.74, 6) is -2.40. The van der Waals surface area contributed by atoms with E-state index in [1.807, 2.05) is 0 Å². The van der Waals surface area contributed by atoms with Gasteiger partial charge in [0.25, 0.3) is 0 Å². The average Bonchev–Trinajstić information content (AvgIpc) is 2.87. The number of nitrogens with zero attached hydrogens (tertiary/aromatic N) is 1. The molecule has 1 aromatic rings. The third kappa shape index (κ3) is 10.6. The van der Waals surface area contributed by atoms with E-state index in [9.17, 15) is 19.2 Å². The van der Waals surface area contributed by atoms with Crippen LogP contribution in [0.15, 0.2) is 29.3 Å². The molecule has 0 radical (unpaired) electrons. The minimum atomic E-state index is -1.36. The molecule has 2 rings (SSSR count). The molecule has 1 aromatic carbocycles. The molecular weight excluding hydrogens is 590 g/mol. The lowest BCUT2D eigenvalue weighted by molar-refractivity contribution is -0.258. The molecule has 0 aromatic heterocycles. The number of hydrogen-bond donors (Lipinski definition) is 0. The molecule has 1 aliphatic heterocycles. The van der Waals surface area contributed by atoms with Crippen molar-refractivity contribution in [3.05, 3.63) is 34.9 Å². The highest BCUT2D eigenvalue weighted by molar-refractivity contribution is 6.30. The van der Waals surface area contributed by atoms with Gasteiger partial charge in [-0.3, -0.25) is 24.2 Å². The Labute approximate surface area is 266 Å². The van der Waals surface area contributed by atoms with Crippen LogP contribution in [0.5, 0.6) is 0 Å². The van der Waals surface area contributed by atoms with E-state index in [0.29, 0.717) is 10.6 Å². The predicted molar refractivity (Wildman–Crippen MR) is 166 cm³/mol. The summed E-state index contributed by atoms with van der Waals surface area (Å²) in [7, 11) is 0. The number of ether oxygens (including phenoxy) is 5. The molecule has 0 spiro atoms. The van der Waals surface area contributed by atoms with Gasteiger partial charge in [0.1, 0.15) is 12.7 Å². The van der Waals surface area contributed by atoms with Crippen molar-refractivity contribution in [2.45, 2.75) is 114 Å². The fourth-order valence-corrected chi connectivity index (χ4v) is 3.66. The molecule has 246 valence electrons. The molecule has 0 saturated carbocycles. The second-order valence-corrected chi connectivity index (χ2v) is 15.5. The summed E-state index contributed by atoms with van der Waals surface area (Å²) in [6.45, 7) is 19.8. The Morgan fingerprint density at radius 1 is 0.682 bits per heavy atom. The summed E-state index contributed by atoms with van der Waals surface area (Å²) in [4.78, 5) is 57.1. The van der Waals surface area contributed by atoms with Crippen molar-refractivity contribution in [2.24, 2.45) is 26.7 Å². The van der Waals surface area contributed by atoms with Crippen LogP contribution < -0.4 is 0 Å². The Morgan fingerprint density at radius 3 is 1.52 bits per heavy atom. The minimum absolute atomic E-state index is 0.353. The summed E-state index contributed by atoms with van der Waals surface area (Å²) in [6.07, 6.45) is -4.88. The number of hydrogen-bond acceptors (Lipinski definition) is 10. The van der Waals surface area contributed by atoms with Crippen LogP contribution in [0.2, 0.25) is 5.02 Å². The van der Waals surface area contributed by atoms with E-state index in [2.05, 4.69) is 4.99 Å². The van der Waals surface area contributed by atoms with E-state index in [1.165, 1.54) is 6.21 Å². The third-order valence-corrected chi connectivity index (χ3v) is 6.66. The smallest absolute Gasteiger partial charge is 0.311 e. The summed E-state index contributed by atoms with van der Waals surface area (Å²) in [5.41, 5.74) is -3.03. The standard InChI is InChI=1S/C33H48ClNO9/c1-30(2,3)26(36)40-18-21-22(42-27(37)31(4,5)6)23(43-28(38)32(7,8)9)24(44-29(39)33(10,11)12)25(41-21)35-17-19-13-15-20(34)16-14-19/h13-17,21-25H,18H2,1-12H3/b35-17+/t21-,22+,23+,24-,25-/m1/s1. The van der Waals surface area contributed by atoms with Crippen LogP contribution in [0.1, 0.15) is 88.6 Å². The molecule has 10 nitrogen and oxygen atoms in total. The minimum Gasteiger partial charge on any atom is -0.462 e. The number of carbonyl (C=O) groups excluding carboxylic acids is 4. The first kappa shape index (κ1) is 37.2. The van der Waals surface area contributed by atoms with E-state index in [4.69, 9.17) is 35.3 Å². The first-order valence-corrected chi connectivity index (χ1v) is 15.0. The van der Waals surface area contributed by atoms with Gasteiger partial charge in [-0.25, -0.2) is 0 Å². The van der Waals surface area contributed by atoms with Crippen LogP contribution in [0.4, 0.5) is 0 Å². The predicted octanol–water partition coefficient (Wildman–Crippen LogP) is 5.95. The van der Waals surface area contributed by atoms with Crippen molar-refractivity contribution in [2.75, 3.05) is 6.61 Å². The van der Waals surface area contributed by atoms with E-state index in [-0.39, 0.29) is 6.61 Å². The monoisotopic (exact) mass is 637 g/mol. The lowest BCUT2D eigenvalue weighted by Crippen LogP contribution is -2.63. The highest BCUT2D eigenvalue weighted by Crippen LogP contribution is 2.34. The molecule has 1 fully saturated rings. The fraction of sp³-hybridized carbons (Fsp3) is 0.667. The van der Waals surface area contributed by atoms with Crippen molar-refractivity contribution < 1.29 is 42.9 Å². The van der Waals surface area contributed by atoms with Gasteiger partial charge in [0.2, 0.25) is 0 Å². The number of carbonyl (C=O) groups is 4. The normalized spacial score (nSPS) is 23.2. The molecular formula is C33H48ClNO9. The van der Waals surface area contributed by atoms with Gasteiger partial charge in [-0.15, -0.1) is 0 Å². The van der Waals surface area contributed by atoms with E-state index < -0.39 is 76.2 Å². The quantitative estimate of drug-likeness (QED) is 0.202. The van der Waals surface area contributed by atoms with Crippen LogP contribution >= 0.6 is 11.6 Å². The van der Waals surface area contributed by atoms with Gasteiger partial charge < -0.3 is 23.7 Å². The zero-order chi connectivity index (χ0) is 33.8. The van der Waals surface area contributed by atoms with E-state index in [1.54, 1.807) is 107 Å². The topological polar surface area (TPSA) is 127 Å². The summed E-state index contributed by atoms with van der Waals surface area (Å²) < 4.78 is 29.8. The zero-order valence-electron chi connectivity index (χ0n) is 28.0. The lowest BCUT2D eigenvalue weighted by atomic mass is 9.92. The van der Waals surface area contributed by atoms with Crippen LogP contribution in [0, 0.1) is 21.7 Å². The van der Waals surface area contributed by atoms with Crippen molar-refractivity contribution in [1.29, 1.82) is 0 Å². The SMILES string of the molecule is CC(C)(C)C(=O)OC[C@H]1O[C@@H](/N=C/c2ccc(Cl)cc2)[C@H](OC(=O)C(C)(C)C)[C@@H](OC(=O)C(C)(C)C)[C@H]1OC(=O)C(C)(C)C. The van der Waals surface area contributed by atoms with E-state index >= 15 is 0 Å². The third-order valence-electron chi connectivity index (χ3n) is 6.41. The first-order valence-electron chi connectivity index (χ1n) is 14.7. The lowest BCUT2D eigenvalue weighted by Gasteiger charge is -2.45. The van der Waals surface area contributed by atoms with Gasteiger partial charge >= 0.3 is 23.9 Å². The van der Waals surface area contributed by atoms with Crippen LogP contribution in [0.25, 0.3) is 0 Å². The van der Waals surface area contributed by atoms with Crippen LogP contribution in [-0.2, 0) is 42.9 Å². The van der Waals surface area contributed by atoms with Gasteiger partial charge in [-0.05, 0) is 101 Å². The average molecular weight is 638 g/mol. The second-order valence-electron chi connectivity index (χ2n) is 15.1. The van der Waals surface area contributed by atoms with Crippen molar-refractivity contribution in [1.82, 2.24) is 0 Å². The number of rotatable bonds is 7. The Morgan fingerprint density at radius 2 is 1.09 bits per heavy atom. The van der Waals surface area contributed by atoms with Gasteiger partial charge in [0.05, 0.1) is 21.7 Å². The Hall–Kier alpha value is -2.98. The Bertz CT molecular complexity index is 1210. The second kappa shape index (κ2) is 14.0. The molecule has 0 unspecified atom stereocenters. The number of aliphatic imine (C=N–C) groups is 1. The van der Waals surface area contributed by atoms with Gasteiger partial charge in [0.15, 0.2) is 24.5 Å². The molecule has 5 atom stereocenters. The molecule has 0 amide bonds. The maximum atomic E-state index is 13.3. The molecule has 0 bridgehead atoms. The Kier molecular flexibility index (Phi) is 11.8. The first-order chi connectivity index (χ1) is 19.9. The zero-order valence-corrected chi connectivity index (χ0v) is 28.7. The van der Waals surface area contributed by atoms with Crippen molar-refractivity contribution in [3.8, 4) is 0 Å². The molecule has 11 heteroatoms.